The van der Waals surface area contributed by atoms with Gasteiger partial charge in [-0.15, -0.1) is 0 Å². The number of aromatic amines is 1. The van der Waals surface area contributed by atoms with Gasteiger partial charge in [-0.1, -0.05) is 23.2 Å². The summed E-state index contributed by atoms with van der Waals surface area (Å²) in [6.07, 6.45) is 2.08. The molecular weight excluding hydrogens is 484 g/mol. The number of rotatable bonds is 7. The lowest BCUT2D eigenvalue weighted by atomic mass is 10.1. The number of pyridine rings is 1. The molecule has 1 saturated heterocycles. The van der Waals surface area contributed by atoms with E-state index in [0.717, 1.165) is 32.0 Å². The molecule has 1 aromatic heterocycles. The van der Waals surface area contributed by atoms with E-state index in [4.69, 9.17) is 27.9 Å². The summed E-state index contributed by atoms with van der Waals surface area (Å²) < 4.78 is 19.6. The molecule has 4 rings (SSSR count). The number of hydrogen-bond acceptors (Lipinski definition) is 5. The van der Waals surface area contributed by atoms with Gasteiger partial charge < -0.3 is 25.0 Å². The Labute approximate surface area is 205 Å². The summed E-state index contributed by atoms with van der Waals surface area (Å²) in [4.78, 5) is 29.2. The first-order valence-electron chi connectivity index (χ1n) is 10.9. The topological polar surface area (TPSA) is 94.7 Å². The molecule has 34 heavy (non-hydrogen) atoms. The van der Waals surface area contributed by atoms with Gasteiger partial charge in [0.1, 0.15) is 17.7 Å². The number of ether oxygens (including phenoxy) is 1. The third kappa shape index (κ3) is 5.88. The number of aliphatic hydroxyl groups excluding tert-OH is 1. The molecule has 2 heterocycles. The number of aromatic nitrogens is 1. The maximum Gasteiger partial charge on any atom is 0.255 e. The zero-order valence-corrected chi connectivity index (χ0v) is 19.7. The monoisotopic (exact) mass is 507 g/mol. The highest BCUT2D eigenvalue weighted by molar-refractivity contribution is 6.42. The predicted octanol–water partition coefficient (Wildman–Crippen LogP) is 3.61. The summed E-state index contributed by atoms with van der Waals surface area (Å²) in [5.74, 6) is -0.372. The highest BCUT2D eigenvalue weighted by Crippen LogP contribution is 2.28. The highest BCUT2D eigenvalue weighted by Gasteiger charge is 2.23. The molecule has 1 atom stereocenters. The maximum atomic E-state index is 13.7. The fourth-order valence-corrected chi connectivity index (χ4v) is 4.33. The van der Waals surface area contributed by atoms with Crippen LogP contribution in [0.2, 0.25) is 10.0 Å². The van der Waals surface area contributed by atoms with E-state index in [0.29, 0.717) is 22.3 Å². The van der Waals surface area contributed by atoms with Crippen molar-refractivity contribution in [2.45, 2.75) is 25.0 Å². The van der Waals surface area contributed by atoms with Crippen LogP contribution in [0.4, 0.5) is 4.39 Å². The Morgan fingerprint density at radius 1 is 1.18 bits per heavy atom. The van der Waals surface area contributed by atoms with Gasteiger partial charge >= 0.3 is 0 Å². The molecule has 1 amide bonds. The van der Waals surface area contributed by atoms with Crippen molar-refractivity contribution in [1.82, 2.24) is 15.2 Å². The van der Waals surface area contributed by atoms with Crippen molar-refractivity contribution in [2.75, 3.05) is 26.2 Å². The molecule has 10 heteroatoms. The van der Waals surface area contributed by atoms with E-state index >= 15 is 0 Å². The number of piperidine rings is 1. The summed E-state index contributed by atoms with van der Waals surface area (Å²) in [6, 6.07) is 8.84. The molecule has 7 nitrogen and oxygen atoms in total. The molecule has 0 bridgehead atoms. The fourth-order valence-electron chi connectivity index (χ4n) is 4.04. The molecule has 0 aliphatic carbocycles. The molecule has 3 aromatic rings. The molecule has 2 aromatic carbocycles. The van der Waals surface area contributed by atoms with Crippen LogP contribution >= 0.6 is 23.2 Å². The van der Waals surface area contributed by atoms with Crippen LogP contribution < -0.4 is 15.6 Å². The van der Waals surface area contributed by atoms with Crippen molar-refractivity contribution in [1.29, 1.82) is 0 Å². The van der Waals surface area contributed by atoms with E-state index in [9.17, 15) is 19.1 Å². The van der Waals surface area contributed by atoms with Gasteiger partial charge in [-0.05, 0) is 43.2 Å². The molecular formula is C24H24Cl2FN3O4. The minimum Gasteiger partial charge on any atom is -0.490 e. The highest BCUT2D eigenvalue weighted by atomic mass is 35.5. The van der Waals surface area contributed by atoms with Gasteiger partial charge in [0.05, 0.1) is 21.7 Å². The third-order valence-electron chi connectivity index (χ3n) is 5.80. The van der Waals surface area contributed by atoms with Crippen molar-refractivity contribution in [3.8, 4) is 5.75 Å². The third-order valence-corrected chi connectivity index (χ3v) is 6.54. The summed E-state index contributed by atoms with van der Waals surface area (Å²) in [6.45, 7) is 1.89. The number of fused-ring (bicyclic) bond motifs is 1. The van der Waals surface area contributed by atoms with Gasteiger partial charge in [0, 0.05) is 49.2 Å². The van der Waals surface area contributed by atoms with Crippen LogP contribution in [0.25, 0.3) is 10.8 Å². The number of benzene rings is 2. The first kappa shape index (κ1) is 24.5. The molecule has 1 fully saturated rings. The molecule has 1 unspecified atom stereocenters. The predicted molar refractivity (Wildman–Crippen MR) is 129 cm³/mol. The Morgan fingerprint density at radius 2 is 1.94 bits per heavy atom. The van der Waals surface area contributed by atoms with Crippen LogP contribution in [0.15, 0.2) is 47.4 Å². The van der Waals surface area contributed by atoms with Crippen molar-refractivity contribution < 1.29 is 19.0 Å². The SMILES string of the molecule is O=C(NCC(O)CN1CCC(Oc2ccc(Cl)c(Cl)c2)CC1)c1c[nH]c(=O)c2ccc(F)cc12. The number of halogens is 3. The second-order valence-electron chi connectivity index (χ2n) is 8.28. The van der Waals surface area contributed by atoms with E-state index in [1.165, 1.54) is 18.3 Å². The minimum atomic E-state index is -0.790. The largest absolute Gasteiger partial charge is 0.490 e. The van der Waals surface area contributed by atoms with Gasteiger partial charge in [0.25, 0.3) is 11.5 Å². The van der Waals surface area contributed by atoms with Gasteiger partial charge in [-0.3, -0.25) is 9.59 Å². The number of aliphatic hydroxyl groups is 1. The second-order valence-corrected chi connectivity index (χ2v) is 9.09. The van der Waals surface area contributed by atoms with Gasteiger partial charge in [-0.2, -0.15) is 0 Å². The average Bonchev–Trinajstić information content (AvgIpc) is 2.81. The van der Waals surface area contributed by atoms with Gasteiger partial charge in [0.15, 0.2) is 0 Å². The normalized spacial score (nSPS) is 15.9. The van der Waals surface area contributed by atoms with Crippen LogP contribution in [0, 0.1) is 5.82 Å². The maximum absolute atomic E-state index is 13.7. The summed E-state index contributed by atoms with van der Waals surface area (Å²) >= 11 is 12.0. The number of likely N-dealkylation sites (tertiary alicyclic amines) is 1. The summed E-state index contributed by atoms with van der Waals surface area (Å²) in [5.41, 5.74) is -0.264. The molecule has 1 aliphatic rings. The zero-order chi connectivity index (χ0) is 24.2. The Morgan fingerprint density at radius 3 is 2.68 bits per heavy atom. The van der Waals surface area contributed by atoms with Crippen LogP contribution in [0.3, 0.4) is 0 Å². The Hall–Kier alpha value is -2.65. The smallest absolute Gasteiger partial charge is 0.255 e. The summed E-state index contributed by atoms with van der Waals surface area (Å²) in [7, 11) is 0. The minimum absolute atomic E-state index is 0.0223. The number of hydrogen-bond donors (Lipinski definition) is 3. The molecule has 3 N–H and O–H groups in total. The van der Waals surface area contributed by atoms with E-state index in [2.05, 4.69) is 15.2 Å². The van der Waals surface area contributed by atoms with Crippen molar-refractivity contribution in [3.05, 3.63) is 74.4 Å². The van der Waals surface area contributed by atoms with E-state index in [1.807, 2.05) is 0 Å². The standard InChI is InChI=1S/C24H24Cl2FN3O4/c25-21-4-2-17(10-22(21)26)34-16-5-7-30(8-6-16)13-15(31)11-28-24(33)20-12-29-23(32)18-3-1-14(27)9-19(18)20/h1-4,9-10,12,15-16,31H,5-8,11,13H2,(H,28,33)(H,29,32). The van der Waals surface area contributed by atoms with E-state index in [1.54, 1.807) is 18.2 Å². The van der Waals surface area contributed by atoms with E-state index < -0.39 is 23.4 Å². The molecule has 0 radical (unpaired) electrons. The number of carbonyl (C=O) groups is 1. The molecule has 180 valence electrons. The number of amides is 1. The number of nitrogens with one attached hydrogen (secondary N) is 2. The van der Waals surface area contributed by atoms with Crippen LogP contribution in [-0.2, 0) is 0 Å². The lowest BCUT2D eigenvalue weighted by Gasteiger charge is -2.33. The first-order valence-corrected chi connectivity index (χ1v) is 11.7. The number of nitrogens with zero attached hydrogens (tertiary/aromatic N) is 1. The lowest BCUT2D eigenvalue weighted by molar-refractivity contribution is 0.0594. The Balaban J connectivity index is 1.26. The summed E-state index contributed by atoms with van der Waals surface area (Å²) in [5, 5.41) is 14.5. The van der Waals surface area contributed by atoms with Crippen molar-refractivity contribution in [3.63, 3.8) is 0 Å². The molecule has 0 spiro atoms. The first-order chi connectivity index (χ1) is 16.3. The number of H-pyrrole nitrogens is 1. The molecule has 0 saturated carbocycles. The number of β-amino-alcohol motifs (C(OH)–C–C–N with tert-alkyl or cyclic N) is 1. The Kier molecular flexibility index (Phi) is 7.73. The quantitative estimate of drug-likeness (QED) is 0.454. The van der Waals surface area contributed by atoms with Gasteiger partial charge in [0.2, 0.25) is 0 Å². The average molecular weight is 508 g/mol. The van der Waals surface area contributed by atoms with E-state index in [-0.39, 0.29) is 29.0 Å². The lowest BCUT2D eigenvalue weighted by Crippen LogP contribution is -2.45. The van der Waals surface area contributed by atoms with Gasteiger partial charge in [-0.25, -0.2) is 4.39 Å². The fraction of sp³-hybridized carbons (Fsp3) is 0.333. The Bertz CT molecular complexity index is 1240. The molecule has 1 aliphatic heterocycles. The number of carbonyl (C=O) groups excluding carboxylic acids is 1. The van der Waals surface area contributed by atoms with Crippen LogP contribution in [0.5, 0.6) is 5.75 Å². The van der Waals surface area contributed by atoms with Crippen LogP contribution in [-0.4, -0.2) is 59.3 Å². The zero-order valence-electron chi connectivity index (χ0n) is 18.2. The second kappa shape index (κ2) is 10.7. The van der Waals surface area contributed by atoms with Crippen molar-refractivity contribution >= 4 is 39.9 Å². The van der Waals surface area contributed by atoms with Crippen LogP contribution in [0.1, 0.15) is 23.2 Å². The van der Waals surface area contributed by atoms with Crippen molar-refractivity contribution in [2.24, 2.45) is 0 Å².